The van der Waals surface area contributed by atoms with E-state index in [2.05, 4.69) is 67.6 Å². The van der Waals surface area contributed by atoms with Gasteiger partial charge in [0, 0.05) is 7.11 Å². The molecule has 1 heteroatoms. The number of rotatable bonds is 11. The van der Waals surface area contributed by atoms with Crippen molar-refractivity contribution in [3.63, 3.8) is 0 Å². The van der Waals surface area contributed by atoms with Gasteiger partial charge in [-0.05, 0) is 98.3 Å². The first kappa shape index (κ1) is 22.8. The molecule has 0 spiro atoms. The minimum absolute atomic E-state index is 0.702. The maximum Gasteiger partial charge on any atom is 0.0713 e. The molecule has 162 valence electrons. The zero-order valence-corrected chi connectivity index (χ0v) is 19.1. The average molecular weight is 405 g/mol. The van der Waals surface area contributed by atoms with E-state index in [0.717, 1.165) is 11.8 Å². The first-order valence-corrected chi connectivity index (χ1v) is 12.1. The van der Waals surface area contributed by atoms with Gasteiger partial charge in [0.15, 0.2) is 0 Å². The zero-order valence-electron chi connectivity index (χ0n) is 19.1. The molecule has 0 N–H and O–H groups in total. The first-order chi connectivity index (χ1) is 14.8. The van der Waals surface area contributed by atoms with Crippen LogP contribution in [0, 0.1) is 5.92 Å². The summed E-state index contributed by atoms with van der Waals surface area (Å²) in [6.45, 7) is 2.92. The lowest BCUT2D eigenvalue weighted by Crippen LogP contribution is -2.12. The fourth-order valence-electron chi connectivity index (χ4n) is 4.77. The Hall–Kier alpha value is -1.86. The molecule has 0 amide bonds. The van der Waals surface area contributed by atoms with E-state index in [9.17, 15) is 0 Å². The summed E-state index contributed by atoms with van der Waals surface area (Å²) < 4.78 is 5.18. The summed E-state index contributed by atoms with van der Waals surface area (Å²) >= 11 is 0. The topological polar surface area (TPSA) is 9.23 Å². The molecule has 2 aromatic rings. The van der Waals surface area contributed by atoms with Gasteiger partial charge in [-0.1, -0.05) is 67.6 Å². The molecule has 0 bridgehead atoms. The number of unbranched alkanes of at least 4 members (excludes halogenated alkanes) is 1. The first-order valence-electron chi connectivity index (χ1n) is 12.1. The van der Waals surface area contributed by atoms with E-state index in [1.807, 2.05) is 0 Å². The Labute approximate surface area is 184 Å². The van der Waals surface area contributed by atoms with Crippen LogP contribution in [0.4, 0.5) is 0 Å². The molecule has 0 aromatic heterocycles. The molecule has 1 saturated carbocycles. The summed E-state index contributed by atoms with van der Waals surface area (Å²) in [6, 6.07) is 18.4. The van der Waals surface area contributed by atoms with Gasteiger partial charge in [0.1, 0.15) is 0 Å². The Morgan fingerprint density at radius 3 is 1.90 bits per heavy atom. The molecule has 30 heavy (non-hydrogen) atoms. The van der Waals surface area contributed by atoms with Crippen LogP contribution in [-0.2, 0) is 24.2 Å². The lowest BCUT2D eigenvalue weighted by atomic mass is 9.77. The van der Waals surface area contributed by atoms with Crippen LogP contribution in [0.25, 0.3) is 0 Å². The van der Waals surface area contributed by atoms with Crippen LogP contribution in [0.2, 0.25) is 0 Å². The zero-order chi connectivity index (χ0) is 21.0. The van der Waals surface area contributed by atoms with Gasteiger partial charge >= 0.3 is 0 Å². The highest BCUT2D eigenvalue weighted by molar-refractivity contribution is 5.26. The van der Waals surface area contributed by atoms with Crippen LogP contribution >= 0.6 is 0 Å². The van der Waals surface area contributed by atoms with Gasteiger partial charge in [-0.15, -0.1) is 0 Å². The molecule has 3 rings (SSSR count). The maximum atomic E-state index is 5.18. The Morgan fingerprint density at radius 1 is 0.767 bits per heavy atom. The van der Waals surface area contributed by atoms with Gasteiger partial charge in [-0.25, -0.2) is 0 Å². The lowest BCUT2D eigenvalue weighted by Gasteiger charge is -2.28. The van der Waals surface area contributed by atoms with Crippen molar-refractivity contribution in [3.8, 4) is 0 Å². The van der Waals surface area contributed by atoms with Gasteiger partial charge in [0.25, 0.3) is 0 Å². The minimum atomic E-state index is 0.702. The third-order valence-electron chi connectivity index (χ3n) is 6.68. The highest BCUT2D eigenvalue weighted by atomic mass is 16.5. The molecule has 0 heterocycles. The predicted molar refractivity (Wildman–Crippen MR) is 129 cm³/mol. The molecule has 0 atom stereocenters. The van der Waals surface area contributed by atoms with Crippen molar-refractivity contribution < 1.29 is 4.74 Å². The van der Waals surface area contributed by atoms with Crippen molar-refractivity contribution in [2.45, 2.75) is 83.7 Å². The van der Waals surface area contributed by atoms with E-state index in [4.69, 9.17) is 4.74 Å². The molecule has 0 saturated heterocycles. The van der Waals surface area contributed by atoms with Gasteiger partial charge in [-0.3, -0.25) is 0 Å². The van der Waals surface area contributed by atoms with E-state index >= 15 is 0 Å². The van der Waals surface area contributed by atoms with Gasteiger partial charge in [-0.2, -0.15) is 0 Å². The Bertz CT molecular complexity index is 733. The molecular weight excluding hydrogens is 364 g/mol. The van der Waals surface area contributed by atoms with E-state index in [0.29, 0.717) is 6.61 Å². The quantitative estimate of drug-likeness (QED) is 0.272. The van der Waals surface area contributed by atoms with Crippen molar-refractivity contribution in [1.82, 2.24) is 0 Å². The fraction of sp³-hybridized carbons (Fsp3) is 0.517. The molecule has 2 aromatic carbocycles. The van der Waals surface area contributed by atoms with Gasteiger partial charge < -0.3 is 4.74 Å². The van der Waals surface area contributed by atoms with Gasteiger partial charge in [0.2, 0.25) is 0 Å². The number of hydrogen-bond donors (Lipinski definition) is 0. The number of hydrogen-bond acceptors (Lipinski definition) is 1. The predicted octanol–water partition coefficient (Wildman–Crippen LogP) is 8.03. The molecule has 1 aliphatic carbocycles. The van der Waals surface area contributed by atoms with E-state index < -0.39 is 0 Å². The number of benzene rings is 2. The third-order valence-corrected chi connectivity index (χ3v) is 6.68. The largest absolute Gasteiger partial charge is 0.380 e. The smallest absolute Gasteiger partial charge is 0.0713 e. The van der Waals surface area contributed by atoms with Crippen LogP contribution in [0.5, 0.6) is 0 Å². The molecule has 0 radical (unpaired) electrons. The normalized spacial score (nSPS) is 19.4. The molecule has 1 nitrogen and oxygen atoms in total. The second kappa shape index (κ2) is 12.7. The van der Waals surface area contributed by atoms with Crippen molar-refractivity contribution in [2.75, 3.05) is 7.11 Å². The van der Waals surface area contributed by atoms with Crippen LogP contribution < -0.4 is 0 Å². The minimum Gasteiger partial charge on any atom is -0.380 e. The Morgan fingerprint density at radius 2 is 1.33 bits per heavy atom. The molecule has 1 fully saturated rings. The monoisotopic (exact) mass is 404 g/mol. The van der Waals surface area contributed by atoms with Crippen LogP contribution in [-0.4, -0.2) is 7.11 Å². The summed E-state index contributed by atoms with van der Waals surface area (Å²) in [4.78, 5) is 0. The van der Waals surface area contributed by atoms with Gasteiger partial charge in [0.05, 0.1) is 6.61 Å². The van der Waals surface area contributed by atoms with Crippen LogP contribution in [0.3, 0.4) is 0 Å². The Balaban J connectivity index is 1.36. The lowest BCUT2D eigenvalue weighted by molar-refractivity contribution is 0.185. The molecule has 0 unspecified atom stereocenters. The summed E-state index contributed by atoms with van der Waals surface area (Å²) in [7, 11) is 1.75. The number of methoxy groups -OCH3 is 1. The van der Waals surface area contributed by atoms with Crippen molar-refractivity contribution in [3.05, 3.63) is 82.9 Å². The van der Waals surface area contributed by atoms with E-state index in [1.165, 1.54) is 80.9 Å². The van der Waals surface area contributed by atoms with Crippen LogP contribution in [0.15, 0.2) is 60.7 Å². The number of aryl methyl sites for hydroxylation is 2. The van der Waals surface area contributed by atoms with Crippen molar-refractivity contribution in [1.29, 1.82) is 0 Å². The Kier molecular flexibility index (Phi) is 9.70. The fourth-order valence-corrected chi connectivity index (χ4v) is 4.77. The number of ether oxygens (including phenoxy) is 1. The molecular formula is C29H40O. The number of allylic oxidation sites excluding steroid dienone is 2. The summed E-state index contributed by atoms with van der Waals surface area (Å²) in [5, 5.41) is 0. The highest BCUT2D eigenvalue weighted by Crippen LogP contribution is 2.37. The summed E-state index contributed by atoms with van der Waals surface area (Å²) in [5.41, 5.74) is 5.75. The third kappa shape index (κ3) is 7.43. The van der Waals surface area contributed by atoms with Crippen LogP contribution in [0.1, 0.15) is 86.5 Å². The van der Waals surface area contributed by atoms with Crippen molar-refractivity contribution >= 4 is 0 Å². The van der Waals surface area contributed by atoms with E-state index in [-0.39, 0.29) is 0 Å². The second-order valence-electron chi connectivity index (χ2n) is 9.03. The second-order valence-corrected chi connectivity index (χ2v) is 9.03. The average Bonchev–Trinajstić information content (AvgIpc) is 2.79. The SMILES string of the molecule is CCC=CC[C@H]1CC[C@H](c2ccc(CCCCc3ccc(COC)cc3)cc2)CC1. The molecule has 1 aliphatic rings. The van der Waals surface area contributed by atoms with Crippen molar-refractivity contribution in [2.24, 2.45) is 5.92 Å². The summed E-state index contributed by atoms with van der Waals surface area (Å²) in [6.07, 6.45) is 17.6. The summed E-state index contributed by atoms with van der Waals surface area (Å²) in [5.74, 6) is 1.70. The standard InChI is InChI=1S/C29H40O/c1-3-4-5-8-25-15-19-28(20-16-25)29-21-17-26(18-22-29)10-7-6-9-24-11-13-27(14-12-24)23-30-2/h4-5,11-14,17-18,21-22,25,28H,3,6-10,15-16,19-20,23H2,1-2H3/t25-,28-. The highest BCUT2D eigenvalue weighted by Gasteiger charge is 2.21. The molecule has 0 aliphatic heterocycles. The van der Waals surface area contributed by atoms with E-state index in [1.54, 1.807) is 12.7 Å². The maximum absolute atomic E-state index is 5.18.